The van der Waals surface area contributed by atoms with Crippen LogP contribution < -0.4 is 15.8 Å². The number of hydrogen-bond acceptors (Lipinski definition) is 4. The van der Waals surface area contributed by atoms with Crippen LogP contribution in [0.2, 0.25) is 0 Å². The molecule has 4 rings (SSSR count). The summed E-state index contributed by atoms with van der Waals surface area (Å²) in [5, 5.41) is 3.08. The quantitative estimate of drug-likeness (QED) is 0.846. The summed E-state index contributed by atoms with van der Waals surface area (Å²) in [6, 6.07) is 13.6. The first-order valence-electron chi connectivity index (χ1n) is 9.88. The minimum Gasteiger partial charge on any atom is -0.487 e. The van der Waals surface area contributed by atoms with Gasteiger partial charge in [-0.2, -0.15) is 0 Å². The molecule has 1 aromatic carbocycles. The number of nitrogens with zero attached hydrogens (tertiary/aromatic N) is 1. The number of nitrogens with one attached hydrogen (secondary N) is 1. The van der Waals surface area contributed by atoms with Crippen LogP contribution in [0.5, 0.6) is 5.75 Å². The Morgan fingerprint density at radius 1 is 1.15 bits per heavy atom. The summed E-state index contributed by atoms with van der Waals surface area (Å²) in [6.45, 7) is 0.405. The molecule has 2 aliphatic rings. The van der Waals surface area contributed by atoms with Gasteiger partial charge in [-0.05, 0) is 61.8 Å². The van der Waals surface area contributed by atoms with Gasteiger partial charge in [-0.3, -0.25) is 9.78 Å². The zero-order valence-corrected chi connectivity index (χ0v) is 15.5. The third-order valence-corrected chi connectivity index (χ3v) is 6.00. The van der Waals surface area contributed by atoms with E-state index in [9.17, 15) is 4.79 Å². The maximum Gasteiger partial charge on any atom is 0.227 e. The van der Waals surface area contributed by atoms with E-state index < -0.39 is 0 Å². The lowest BCUT2D eigenvalue weighted by molar-refractivity contribution is -0.122. The molecule has 5 heteroatoms. The molecule has 2 atom stereocenters. The molecule has 0 radical (unpaired) electrons. The van der Waals surface area contributed by atoms with E-state index in [1.54, 1.807) is 6.20 Å². The van der Waals surface area contributed by atoms with Crippen molar-refractivity contribution >= 4 is 11.6 Å². The van der Waals surface area contributed by atoms with Crippen molar-refractivity contribution in [3.8, 4) is 5.75 Å². The molecule has 2 aliphatic carbocycles. The molecule has 27 heavy (non-hydrogen) atoms. The summed E-state index contributed by atoms with van der Waals surface area (Å²) >= 11 is 0. The van der Waals surface area contributed by atoms with Crippen LogP contribution in [-0.4, -0.2) is 16.9 Å². The molecule has 1 heterocycles. The first-order valence-corrected chi connectivity index (χ1v) is 9.88. The molecule has 2 fully saturated rings. The highest BCUT2D eigenvalue weighted by Gasteiger charge is 2.40. The number of amides is 1. The highest BCUT2D eigenvalue weighted by Crippen LogP contribution is 2.42. The third kappa shape index (κ3) is 4.30. The topological polar surface area (TPSA) is 77.2 Å². The van der Waals surface area contributed by atoms with Gasteiger partial charge in [0, 0.05) is 29.9 Å². The summed E-state index contributed by atoms with van der Waals surface area (Å²) in [6.07, 6.45) is 7.17. The van der Waals surface area contributed by atoms with E-state index in [4.69, 9.17) is 10.5 Å². The molecule has 1 amide bonds. The van der Waals surface area contributed by atoms with Gasteiger partial charge in [-0.15, -0.1) is 0 Å². The van der Waals surface area contributed by atoms with Gasteiger partial charge in [0.25, 0.3) is 0 Å². The molecule has 0 spiro atoms. The Morgan fingerprint density at radius 3 is 2.70 bits per heavy atom. The molecule has 2 aromatic rings. The van der Waals surface area contributed by atoms with E-state index in [0.29, 0.717) is 18.4 Å². The van der Waals surface area contributed by atoms with Crippen LogP contribution in [0.4, 0.5) is 5.69 Å². The van der Waals surface area contributed by atoms with Crippen molar-refractivity contribution in [1.29, 1.82) is 0 Å². The Hall–Kier alpha value is -2.40. The van der Waals surface area contributed by atoms with Gasteiger partial charge in [0.15, 0.2) is 0 Å². The van der Waals surface area contributed by atoms with Gasteiger partial charge in [0.2, 0.25) is 5.91 Å². The van der Waals surface area contributed by atoms with Crippen LogP contribution in [0, 0.1) is 17.8 Å². The van der Waals surface area contributed by atoms with Crippen molar-refractivity contribution in [2.75, 3.05) is 5.32 Å². The largest absolute Gasteiger partial charge is 0.487 e. The number of rotatable bonds is 5. The molecule has 3 N–H and O–H groups in total. The van der Waals surface area contributed by atoms with Crippen LogP contribution in [0.1, 0.15) is 37.8 Å². The molecule has 2 bridgehead atoms. The molecule has 2 saturated carbocycles. The predicted octanol–water partition coefficient (Wildman–Crippen LogP) is 3.75. The van der Waals surface area contributed by atoms with Gasteiger partial charge in [0.1, 0.15) is 12.4 Å². The highest BCUT2D eigenvalue weighted by atomic mass is 16.5. The second-order valence-electron chi connectivity index (χ2n) is 7.82. The lowest BCUT2D eigenvalue weighted by atomic mass is 9.65. The van der Waals surface area contributed by atoms with Crippen molar-refractivity contribution in [3.63, 3.8) is 0 Å². The summed E-state index contributed by atoms with van der Waals surface area (Å²) in [5.41, 5.74) is 8.00. The number of carbonyl (C=O) groups is 1. The second-order valence-corrected chi connectivity index (χ2v) is 7.82. The molecular weight excluding hydrogens is 338 g/mol. The number of pyridine rings is 1. The van der Waals surface area contributed by atoms with Crippen molar-refractivity contribution in [1.82, 2.24) is 4.98 Å². The van der Waals surface area contributed by atoms with E-state index in [2.05, 4.69) is 10.3 Å². The third-order valence-electron chi connectivity index (χ3n) is 6.00. The van der Waals surface area contributed by atoms with E-state index in [-0.39, 0.29) is 17.9 Å². The van der Waals surface area contributed by atoms with Crippen LogP contribution >= 0.6 is 0 Å². The number of aromatic nitrogens is 1. The van der Waals surface area contributed by atoms with Gasteiger partial charge >= 0.3 is 0 Å². The fourth-order valence-corrected chi connectivity index (χ4v) is 4.55. The van der Waals surface area contributed by atoms with Gasteiger partial charge in [0.05, 0.1) is 5.69 Å². The van der Waals surface area contributed by atoms with Gasteiger partial charge < -0.3 is 15.8 Å². The Morgan fingerprint density at radius 2 is 1.96 bits per heavy atom. The predicted molar refractivity (Wildman–Crippen MR) is 105 cm³/mol. The molecule has 1 aromatic heterocycles. The van der Waals surface area contributed by atoms with Crippen LogP contribution in [0.15, 0.2) is 48.7 Å². The van der Waals surface area contributed by atoms with Crippen molar-refractivity contribution in [2.45, 2.75) is 44.8 Å². The summed E-state index contributed by atoms with van der Waals surface area (Å²) in [4.78, 5) is 17.0. The number of hydrogen-bond donors (Lipinski definition) is 2. The van der Waals surface area contributed by atoms with E-state index in [1.807, 2.05) is 42.5 Å². The molecule has 0 saturated heterocycles. The first kappa shape index (κ1) is 18.0. The Kier molecular flexibility index (Phi) is 5.39. The van der Waals surface area contributed by atoms with Gasteiger partial charge in [-0.25, -0.2) is 0 Å². The molecular formula is C22H27N3O2. The normalized spacial score (nSPS) is 27.0. The second kappa shape index (κ2) is 8.09. The average Bonchev–Trinajstić information content (AvgIpc) is 2.67. The fourth-order valence-electron chi connectivity index (χ4n) is 4.55. The van der Waals surface area contributed by atoms with Crippen molar-refractivity contribution < 1.29 is 9.53 Å². The zero-order chi connectivity index (χ0) is 18.6. The molecule has 142 valence electrons. The summed E-state index contributed by atoms with van der Waals surface area (Å²) < 4.78 is 5.80. The maximum atomic E-state index is 12.8. The monoisotopic (exact) mass is 365 g/mol. The van der Waals surface area contributed by atoms with Gasteiger partial charge in [-0.1, -0.05) is 18.6 Å². The van der Waals surface area contributed by atoms with Crippen molar-refractivity contribution in [3.05, 3.63) is 54.4 Å². The zero-order valence-electron chi connectivity index (χ0n) is 15.5. The van der Waals surface area contributed by atoms with E-state index >= 15 is 0 Å². The SMILES string of the molecule is NC1C2CCCC1CC(C(=O)Nc1cccc(OCc3ccccn3)c1)C2. The van der Waals surface area contributed by atoms with Crippen LogP contribution in [0.25, 0.3) is 0 Å². The smallest absolute Gasteiger partial charge is 0.227 e. The summed E-state index contributed by atoms with van der Waals surface area (Å²) in [5.74, 6) is 1.91. The number of nitrogens with two attached hydrogens (primary N) is 1. The Labute approximate surface area is 160 Å². The van der Waals surface area contributed by atoms with Crippen LogP contribution in [-0.2, 0) is 11.4 Å². The minimum atomic E-state index is 0.0678. The fraction of sp³-hybridized carbons (Fsp3) is 0.455. The molecule has 5 nitrogen and oxygen atoms in total. The average molecular weight is 365 g/mol. The summed E-state index contributed by atoms with van der Waals surface area (Å²) in [7, 11) is 0. The first-order chi connectivity index (χ1) is 13.2. The van der Waals surface area contributed by atoms with E-state index in [0.717, 1.165) is 42.8 Å². The Bertz CT molecular complexity index is 766. The van der Waals surface area contributed by atoms with Crippen molar-refractivity contribution in [2.24, 2.45) is 23.5 Å². The number of fused-ring (bicyclic) bond motifs is 2. The number of benzene rings is 1. The molecule has 2 unspecified atom stereocenters. The van der Waals surface area contributed by atoms with E-state index in [1.165, 1.54) is 6.42 Å². The lowest BCUT2D eigenvalue weighted by Crippen LogP contribution is -2.48. The molecule has 0 aliphatic heterocycles. The number of ether oxygens (including phenoxy) is 1. The highest BCUT2D eigenvalue weighted by molar-refractivity contribution is 5.92. The van der Waals surface area contributed by atoms with Crippen LogP contribution in [0.3, 0.4) is 0 Å². The number of carbonyl (C=O) groups excluding carboxylic acids is 1. The number of anilines is 1. The lowest BCUT2D eigenvalue weighted by Gasteiger charge is -2.43. The standard InChI is InChI=1S/C22H27N3O2/c23-21-15-5-3-6-16(21)12-17(11-15)22(26)25-18-8-4-9-20(13-18)27-14-19-7-1-2-10-24-19/h1-2,4,7-10,13,15-17,21H,3,5-6,11-12,14,23H2,(H,25,26). The minimum absolute atomic E-state index is 0.0678. The maximum absolute atomic E-state index is 12.8. The Balaban J connectivity index is 1.36.